The first-order chi connectivity index (χ1) is 9.70. The summed E-state index contributed by atoms with van der Waals surface area (Å²) in [7, 11) is 0. The third kappa shape index (κ3) is 4.46. The molecule has 0 radical (unpaired) electrons. The zero-order valence-electron chi connectivity index (χ0n) is 11.9. The molecule has 0 aromatic carbocycles. The van der Waals surface area contributed by atoms with Crippen LogP contribution >= 0.6 is 23.1 Å². The lowest BCUT2D eigenvalue weighted by atomic mass is 9.95. The van der Waals surface area contributed by atoms with Crippen LogP contribution in [0.1, 0.15) is 60.1 Å². The molecule has 0 spiro atoms. The van der Waals surface area contributed by atoms with Crippen LogP contribution in [-0.4, -0.2) is 28.9 Å². The summed E-state index contributed by atoms with van der Waals surface area (Å²) in [6, 6.07) is 0.273. The maximum atomic E-state index is 12.2. The van der Waals surface area contributed by atoms with Crippen molar-refractivity contribution in [3.05, 3.63) is 16.1 Å². The summed E-state index contributed by atoms with van der Waals surface area (Å²) in [6.45, 7) is 0. The summed E-state index contributed by atoms with van der Waals surface area (Å²) in [5.41, 5.74) is 6.60. The van der Waals surface area contributed by atoms with E-state index in [1.807, 2.05) is 5.38 Å². The Hall–Kier alpha value is -0.590. The predicted octanol–water partition coefficient (Wildman–Crippen LogP) is 2.96. The number of thioether (sulfide) groups is 1. The largest absolute Gasteiger partial charge is 0.348 e. The number of hydrogen-bond acceptors (Lipinski definition) is 5. The minimum absolute atomic E-state index is 0.0449. The van der Waals surface area contributed by atoms with Gasteiger partial charge in [0.15, 0.2) is 0 Å². The highest BCUT2D eigenvalue weighted by atomic mass is 32.2. The number of hydrogen-bond donors (Lipinski definition) is 2. The van der Waals surface area contributed by atoms with Crippen molar-refractivity contribution in [1.29, 1.82) is 0 Å². The summed E-state index contributed by atoms with van der Waals surface area (Å²) < 4.78 is 0. The highest BCUT2D eigenvalue weighted by molar-refractivity contribution is 7.98. The molecule has 1 atom stereocenters. The van der Waals surface area contributed by atoms with Crippen molar-refractivity contribution in [3.63, 3.8) is 0 Å². The quantitative estimate of drug-likeness (QED) is 0.847. The Morgan fingerprint density at radius 1 is 1.55 bits per heavy atom. The maximum Gasteiger partial charge on any atom is 0.270 e. The molecule has 1 aliphatic rings. The molecule has 1 amide bonds. The topological polar surface area (TPSA) is 68.0 Å². The van der Waals surface area contributed by atoms with Crippen molar-refractivity contribution in [2.45, 2.75) is 50.6 Å². The molecule has 2 rings (SSSR count). The molecule has 0 aliphatic heterocycles. The highest BCUT2D eigenvalue weighted by Crippen LogP contribution is 2.21. The van der Waals surface area contributed by atoms with Crippen molar-refractivity contribution in [2.24, 2.45) is 5.73 Å². The Labute approximate surface area is 128 Å². The average Bonchev–Trinajstić information content (AvgIpc) is 2.96. The van der Waals surface area contributed by atoms with Crippen LogP contribution in [0, 0.1) is 0 Å². The maximum absolute atomic E-state index is 12.2. The molecule has 0 saturated heterocycles. The third-order valence-corrected chi connectivity index (χ3v) is 5.27. The van der Waals surface area contributed by atoms with Crippen LogP contribution in [-0.2, 0) is 0 Å². The van der Waals surface area contributed by atoms with Gasteiger partial charge in [-0.25, -0.2) is 4.98 Å². The molecular weight excluding hydrogens is 290 g/mol. The summed E-state index contributed by atoms with van der Waals surface area (Å²) in [5, 5.41) is 5.79. The highest BCUT2D eigenvalue weighted by Gasteiger charge is 2.19. The van der Waals surface area contributed by atoms with Gasteiger partial charge < -0.3 is 11.1 Å². The van der Waals surface area contributed by atoms with Gasteiger partial charge in [0.25, 0.3) is 5.91 Å². The Balaban J connectivity index is 1.88. The smallest absolute Gasteiger partial charge is 0.270 e. The molecule has 1 heterocycles. The molecule has 0 bridgehead atoms. The molecular formula is C14H23N3OS2. The van der Waals surface area contributed by atoms with Crippen LogP contribution in [0.4, 0.5) is 0 Å². The normalized spacial score (nSPS) is 17.9. The first-order valence-corrected chi connectivity index (χ1v) is 9.49. The summed E-state index contributed by atoms with van der Waals surface area (Å²) >= 11 is 3.27. The van der Waals surface area contributed by atoms with Crippen LogP contribution in [0.5, 0.6) is 0 Å². The van der Waals surface area contributed by atoms with Crippen molar-refractivity contribution in [2.75, 3.05) is 12.0 Å². The fourth-order valence-electron chi connectivity index (χ4n) is 2.44. The molecule has 1 aliphatic carbocycles. The van der Waals surface area contributed by atoms with Gasteiger partial charge in [0.1, 0.15) is 10.7 Å². The number of thiazole rings is 1. The molecule has 6 heteroatoms. The van der Waals surface area contributed by atoms with E-state index in [1.54, 1.807) is 11.8 Å². The van der Waals surface area contributed by atoms with Gasteiger partial charge in [0.05, 0.1) is 6.04 Å². The molecule has 4 nitrogen and oxygen atoms in total. The van der Waals surface area contributed by atoms with E-state index in [0.717, 1.165) is 30.0 Å². The fourth-order valence-corrected chi connectivity index (χ4v) is 3.76. The van der Waals surface area contributed by atoms with Crippen LogP contribution in [0.15, 0.2) is 5.38 Å². The predicted molar refractivity (Wildman–Crippen MR) is 86.4 cm³/mol. The van der Waals surface area contributed by atoms with Gasteiger partial charge >= 0.3 is 0 Å². The van der Waals surface area contributed by atoms with E-state index in [-0.39, 0.29) is 11.9 Å². The number of nitrogens with zero attached hydrogens (tertiary/aromatic N) is 1. The molecule has 1 aromatic heterocycles. The monoisotopic (exact) mass is 313 g/mol. The lowest BCUT2D eigenvalue weighted by molar-refractivity contribution is 0.0923. The zero-order valence-corrected chi connectivity index (χ0v) is 13.6. The van der Waals surface area contributed by atoms with Crippen LogP contribution < -0.4 is 11.1 Å². The number of carbonyl (C=O) groups excluding carboxylic acids is 1. The van der Waals surface area contributed by atoms with Gasteiger partial charge in [-0.1, -0.05) is 19.3 Å². The Morgan fingerprint density at radius 2 is 2.30 bits per heavy atom. The van der Waals surface area contributed by atoms with E-state index >= 15 is 0 Å². The molecule has 1 saturated carbocycles. The minimum Gasteiger partial charge on any atom is -0.348 e. The summed E-state index contributed by atoms with van der Waals surface area (Å²) in [4.78, 5) is 16.6. The van der Waals surface area contributed by atoms with E-state index in [1.165, 1.54) is 30.6 Å². The number of aromatic nitrogens is 1. The number of amides is 1. The van der Waals surface area contributed by atoms with Gasteiger partial charge in [0, 0.05) is 11.4 Å². The second kappa shape index (κ2) is 8.00. The van der Waals surface area contributed by atoms with E-state index in [0.29, 0.717) is 11.7 Å². The van der Waals surface area contributed by atoms with Crippen LogP contribution in [0.25, 0.3) is 0 Å². The number of rotatable bonds is 6. The standard InChI is InChI=1S/C14H23N3OS2/c1-19-8-7-11(15)14-17-12(9-20-14)13(18)16-10-5-3-2-4-6-10/h9-11H,2-8,15H2,1H3,(H,16,18). The molecule has 1 fully saturated rings. The van der Waals surface area contributed by atoms with Gasteiger partial charge in [-0.05, 0) is 31.3 Å². The summed E-state index contributed by atoms with van der Waals surface area (Å²) in [6.07, 6.45) is 8.87. The van der Waals surface area contributed by atoms with Crippen molar-refractivity contribution < 1.29 is 4.79 Å². The fraction of sp³-hybridized carbons (Fsp3) is 0.714. The molecule has 20 heavy (non-hydrogen) atoms. The van der Waals surface area contributed by atoms with E-state index in [2.05, 4.69) is 16.6 Å². The van der Waals surface area contributed by atoms with Gasteiger partial charge in [0.2, 0.25) is 0 Å². The van der Waals surface area contributed by atoms with E-state index < -0.39 is 0 Å². The number of nitrogens with one attached hydrogen (secondary N) is 1. The number of carbonyl (C=O) groups is 1. The van der Waals surface area contributed by atoms with E-state index in [4.69, 9.17) is 5.73 Å². The van der Waals surface area contributed by atoms with E-state index in [9.17, 15) is 4.79 Å². The first kappa shape index (κ1) is 15.8. The van der Waals surface area contributed by atoms with Crippen molar-refractivity contribution >= 4 is 29.0 Å². The lowest BCUT2D eigenvalue weighted by Gasteiger charge is -2.22. The second-order valence-corrected chi connectivity index (χ2v) is 7.14. The molecule has 1 unspecified atom stereocenters. The number of nitrogens with two attached hydrogens (primary N) is 1. The molecule has 3 N–H and O–H groups in total. The Bertz CT molecular complexity index is 430. The third-order valence-electron chi connectivity index (χ3n) is 3.65. The Morgan fingerprint density at radius 3 is 3.00 bits per heavy atom. The van der Waals surface area contributed by atoms with Gasteiger partial charge in [-0.2, -0.15) is 11.8 Å². The Kier molecular flexibility index (Phi) is 6.32. The lowest BCUT2D eigenvalue weighted by Crippen LogP contribution is -2.36. The minimum atomic E-state index is -0.0521. The van der Waals surface area contributed by atoms with Gasteiger partial charge in [-0.3, -0.25) is 4.79 Å². The second-order valence-electron chi connectivity index (χ2n) is 5.27. The average molecular weight is 313 g/mol. The van der Waals surface area contributed by atoms with Crippen molar-refractivity contribution in [3.8, 4) is 0 Å². The molecule has 1 aromatic rings. The first-order valence-electron chi connectivity index (χ1n) is 7.21. The zero-order chi connectivity index (χ0) is 14.4. The SMILES string of the molecule is CSCCC(N)c1nc(C(=O)NC2CCCCC2)cs1. The van der Waals surface area contributed by atoms with Gasteiger partial charge in [-0.15, -0.1) is 11.3 Å². The molecule has 112 valence electrons. The van der Waals surface area contributed by atoms with Crippen LogP contribution in [0.3, 0.4) is 0 Å². The van der Waals surface area contributed by atoms with Crippen molar-refractivity contribution in [1.82, 2.24) is 10.3 Å². The summed E-state index contributed by atoms with van der Waals surface area (Å²) in [5.74, 6) is 0.973. The van der Waals surface area contributed by atoms with Crippen LogP contribution in [0.2, 0.25) is 0 Å².